The average molecular weight is 344 g/mol. The second-order valence-electron chi connectivity index (χ2n) is 2.57. The molecule has 0 aliphatic carbocycles. The second kappa shape index (κ2) is 8.50. The van der Waals surface area contributed by atoms with Crippen molar-refractivity contribution < 1.29 is 37.6 Å². The Morgan fingerprint density at radius 1 is 1.45 bits per heavy atom. The zero-order valence-corrected chi connectivity index (χ0v) is 12.9. The third-order valence-corrected chi connectivity index (χ3v) is 1.73. The van der Waals surface area contributed by atoms with Gasteiger partial charge in [0.15, 0.2) is 0 Å². The van der Waals surface area contributed by atoms with Gasteiger partial charge in [-0.1, -0.05) is 26.7 Å². The van der Waals surface area contributed by atoms with Gasteiger partial charge >= 0.3 is 27.7 Å². The van der Waals surface area contributed by atoms with Gasteiger partial charge in [-0.2, -0.15) is 0 Å². The van der Waals surface area contributed by atoms with Crippen molar-refractivity contribution in [3.8, 4) is 0 Å². The minimum Gasteiger partial charge on any atom is -0.550 e. The molecule has 3 heteroatoms. The van der Waals surface area contributed by atoms with Gasteiger partial charge in [0.05, 0.1) is 0 Å². The first-order chi connectivity index (χ1) is 4.72. The molecule has 60 valence electrons. The van der Waals surface area contributed by atoms with Crippen molar-refractivity contribution in [1.29, 1.82) is 0 Å². The molecule has 0 aromatic carbocycles. The summed E-state index contributed by atoms with van der Waals surface area (Å²) in [5.74, 6) is -1.11. The number of rotatable bonds is 5. The molecule has 0 amide bonds. The van der Waals surface area contributed by atoms with Gasteiger partial charge in [0.2, 0.25) is 0 Å². The Kier molecular flexibility index (Phi) is 10.8. The summed E-state index contributed by atoms with van der Waals surface area (Å²) in [6.07, 6.45) is 3.52. The van der Waals surface area contributed by atoms with E-state index in [1.165, 1.54) is 0 Å². The normalized spacial score (nSPS) is 11.8. The Bertz CT molecular complexity index is 104. The Morgan fingerprint density at radius 3 is 2.27 bits per heavy atom. The second-order valence-corrected chi connectivity index (χ2v) is 2.57. The maximum absolute atomic E-state index is 10.3. The monoisotopic (exact) mass is 345 g/mol. The van der Waals surface area contributed by atoms with Crippen molar-refractivity contribution in [3.05, 3.63) is 0 Å². The van der Waals surface area contributed by atoms with Crippen LogP contribution in [-0.4, -0.2) is 5.97 Å². The van der Waals surface area contributed by atoms with Gasteiger partial charge in [-0.15, -0.1) is 0 Å². The molecule has 0 N–H and O–H groups in total. The fourth-order valence-corrected chi connectivity index (χ4v) is 0.939. The van der Waals surface area contributed by atoms with Crippen LogP contribution >= 0.6 is 0 Å². The number of aliphatic carboxylic acids is 1. The summed E-state index contributed by atoms with van der Waals surface area (Å²) < 4.78 is 0. The first-order valence-corrected chi connectivity index (χ1v) is 3.93. The van der Waals surface area contributed by atoms with Crippen LogP contribution in [0.15, 0.2) is 0 Å². The maximum Gasteiger partial charge on any atom is 2.00 e. The van der Waals surface area contributed by atoms with Crippen LogP contribution in [0, 0.1) is 5.92 Å². The van der Waals surface area contributed by atoms with Crippen LogP contribution < -0.4 is 5.11 Å². The molecule has 2 nitrogen and oxygen atoms in total. The first kappa shape index (κ1) is 14.0. The number of unbranched alkanes of at least 4 members (excludes halogenated alkanes) is 1. The van der Waals surface area contributed by atoms with Crippen molar-refractivity contribution in [2.45, 2.75) is 39.5 Å². The summed E-state index contributed by atoms with van der Waals surface area (Å²) in [4.78, 5) is 10.3. The first-order valence-electron chi connectivity index (χ1n) is 3.93. The Labute approximate surface area is 88.9 Å². The molecule has 0 fully saturated rings. The van der Waals surface area contributed by atoms with Crippen LogP contribution in [0.4, 0.5) is 0 Å². The number of carbonyl (C=O) groups is 1. The number of carboxylic acid groups (broad SMARTS) is 1. The van der Waals surface area contributed by atoms with E-state index in [1.807, 2.05) is 6.92 Å². The fourth-order valence-electron chi connectivity index (χ4n) is 0.939. The summed E-state index contributed by atoms with van der Waals surface area (Å²) in [7, 11) is 0. The summed E-state index contributed by atoms with van der Waals surface area (Å²) >= 11 is 0. The zero-order chi connectivity index (χ0) is 7.98. The van der Waals surface area contributed by atoms with E-state index in [2.05, 4.69) is 6.92 Å². The molecule has 0 radical (unpaired) electrons. The molecule has 1 atom stereocenters. The average Bonchev–Trinajstić information content (AvgIpc) is 1.89. The molecule has 0 aliphatic rings. The third-order valence-electron chi connectivity index (χ3n) is 1.73. The van der Waals surface area contributed by atoms with Crippen molar-refractivity contribution in [3.63, 3.8) is 0 Å². The fraction of sp³-hybridized carbons (Fsp3) is 0.875. The Morgan fingerprint density at radius 2 is 2.00 bits per heavy atom. The van der Waals surface area contributed by atoms with Crippen LogP contribution in [0.3, 0.4) is 0 Å². The van der Waals surface area contributed by atoms with Gasteiger partial charge in [-0.05, 0) is 18.8 Å². The molecule has 0 bridgehead atoms. The molecule has 0 spiro atoms. The molecule has 0 saturated heterocycles. The summed E-state index contributed by atoms with van der Waals surface area (Å²) in [6.45, 7) is 3.94. The van der Waals surface area contributed by atoms with Gasteiger partial charge < -0.3 is 9.90 Å². The molecule has 0 aromatic heterocycles. The minimum absolute atomic E-state index is 0. The summed E-state index contributed by atoms with van der Waals surface area (Å²) in [5, 5.41) is 10.3. The SMILES string of the molecule is CCCCC(CC)C(=O)[O-].[Hg+2]. The molecule has 11 heavy (non-hydrogen) atoms. The van der Waals surface area contributed by atoms with Gasteiger partial charge in [0.1, 0.15) is 0 Å². The standard InChI is InChI=1S/C8H16O2.Hg/c1-3-5-6-7(4-2)8(9)10;/h7H,3-6H2,1-2H3,(H,9,10);/q;+2/p-1. The van der Waals surface area contributed by atoms with Gasteiger partial charge in [0.25, 0.3) is 0 Å². The van der Waals surface area contributed by atoms with E-state index in [-0.39, 0.29) is 33.6 Å². The van der Waals surface area contributed by atoms with Crippen LogP contribution in [0.1, 0.15) is 39.5 Å². The number of carbonyl (C=O) groups excluding carboxylic acids is 1. The molecular weight excluding hydrogens is 329 g/mol. The maximum atomic E-state index is 10.3. The number of carboxylic acids is 1. The van der Waals surface area contributed by atoms with Gasteiger partial charge in [-0.25, -0.2) is 0 Å². The number of hydrogen-bond acceptors (Lipinski definition) is 2. The van der Waals surface area contributed by atoms with E-state index in [9.17, 15) is 9.90 Å². The molecule has 0 aliphatic heterocycles. The quantitative estimate of drug-likeness (QED) is 0.697. The summed E-state index contributed by atoms with van der Waals surface area (Å²) in [6, 6.07) is 0. The van der Waals surface area contributed by atoms with Crippen molar-refractivity contribution in [1.82, 2.24) is 0 Å². The van der Waals surface area contributed by atoms with E-state index in [4.69, 9.17) is 0 Å². The molecule has 0 rings (SSSR count). The largest absolute Gasteiger partial charge is 2.00 e. The third kappa shape index (κ3) is 6.79. The van der Waals surface area contributed by atoms with Gasteiger partial charge in [0, 0.05) is 5.97 Å². The molecule has 0 saturated carbocycles. The minimum atomic E-state index is -0.893. The van der Waals surface area contributed by atoms with E-state index in [0.29, 0.717) is 6.42 Å². The van der Waals surface area contributed by atoms with Crippen molar-refractivity contribution >= 4 is 5.97 Å². The molecular formula is C8H15HgO2+. The molecule has 0 heterocycles. The smallest absolute Gasteiger partial charge is 0.550 e. The van der Waals surface area contributed by atoms with Crippen LogP contribution in [0.25, 0.3) is 0 Å². The predicted molar refractivity (Wildman–Crippen MR) is 38.3 cm³/mol. The topological polar surface area (TPSA) is 40.1 Å². The van der Waals surface area contributed by atoms with Crippen LogP contribution in [-0.2, 0) is 32.5 Å². The predicted octanol–water partition coefficient (Wildman–Crippen LogP) is 0.950. The van der Waals surface area contributed by atoms with E-state index >= 15 is 0 Å². The summed E-state index contributed by atoms with van der Waals surface area (Å²) in [5.41, 5.74) is 0. The van der Waals surface area contributed by atoms with Crippen LogP contribution in [0.2, 0.25) is 0 Å². The molecule has 0 aromatic rings. The molecule has 1 unspecified atom stereocenters. The number of hydrogen-bond donors (Lipinski definition) is 0. The van der Waals surface area contributed by atoms with Gasteiger partial charge in [-0.3, -0.25) is 0 Å². The zero-order valence-electron chi connectivity index (χ0n) is 7.43. The van der Waals surface area contributed by atoms with E-state index in [1.54, 1.807) is 0 Å². The van der Waals surface area contributed by atoms with E-state index in [0.717, 1.165) is 19.3 Å². The van der Waals surface area contributed by atoms with Crippen molar-refractivity contribution in [2.24, 2.45) is 5.92 Å². The van der Waals surface area contributed by atoms with E-state index < -0.39 is 5.97 Å². The van der Waals surface area contributed by atoms with Crippen LogP contribution in [0.5, 0.6) is 0 Å². The Hall–Kier alpha value is 0.405. The van der Waals surface area contributed by atoms with Crippen molar-refractivity contribution in [2.75, 3.05) is 0 Å². The Balaban J connectivity index is 0.